The summed E-state index contributed by atoms with van der Waals surface area (Å²) in [7, 11) is 0. The predicted molar refractivity (Wildman–Crippen MR) is 132 cm³/mol. The van der Waals surface area contributed by atoms with Gasteiger partial charge in [0.2, 0.25) is 0 Å². The summed E-state index contributed by atoms with van der Waals surface area (Å²) >= 11 is 5.98. The SMILES string of the molecule is Cc1cccc(NC(=O)C(=O)N/N=C\c2ccccc2OCC(=O)Nc2cc(Cl)ccc2C)c1. The Labute approximate surface area is 202 Å². The average molecular weight is 479 g/mol. The number of halogens is 1. The van der Waals surface area contributed by atoms with E-state index in [2.05, 4.69) is 21.2 Å². The molecule has 0 unspecified atom stereocenters. The first-order valence-electron chi connectivity index (χ1n) is 10.3. The molecule has 0 saturated carbocycles. The highest BCUT2D eigenvalue weighted by Gasteiger charge is 2.13. The summed E-state index contributed by atoms with van der Waals surface area (Å²) in [5.74, 6) is -1.76. The fourth-order valence-corrected chi connectivity index (χ4v) is 3.07. The number of benzene rings is 3. The summed E-state index contributed by atoms with van der Waals surface area (Å²) in [6.45, 7) is 3.48. The van der Waals surface area contributed by atoms with Crippen LogP contribution < -0.4 is 20.8 Å². The topological polar surface area (TPSA) is 109 Å². The monoisotopic (exact) mass is 478 g/mol. The number of carbonyl (C=O) groups excluding carboxylic acids is 3. The highest BCUT2D eigenvalue weighted by atomic mass is 35.5. The summed E-state index contributed by atoms with van der Waals surface area (Å²) in [5, 5.41) is 9.58. The lowest BCUT2D eigenvalue weighted by atomic mass is 10.2. The fraction of sp³-hybridized carbons (Fsp3) is 0.120. The number of hydrogen-bond donors (Lipinski definition) is 3. The number of anilines is 2. The molecule has 0 aliphatic heterocycles. The van der Waals surface area contributed by atoms with Crippen LogP contribution in [0.2, 0.25) is 5.02 Å². The molecule has 0 radical (unpaired) electrons. The lowest BCUT2D eigenvalue weighted by molar-refractivity contribution is -0.136. The molecule has 0 aliphatic rings. The number of carbonyl (C=O) groups is 3. The van der Waals surface area contributed by atoms with Crippen LogP contribution in [0.1, 0.15) is 16.7 Å². The molecule has 8 nitrogen and oxygen atoms in total. The number of amides is 3. The van der Waals surface area contributed by atoms with Crippen molar-refractivity contribution >= 4 is 46.9 Å². The number of hydrazone groups is 1. The molecule has 3 aromatic rings. The Morgan fingerprint density at radius 3 is 2.53 bits per heavy atom. The second kappa shape index (κ2) is 11.6. The summed E-state index contributed by atoms with van der Waals surface area (Å²) in [5.41, 5.74) is 5.61. The number of ether oxygens (including phenoxy) is 1. The third kappa shape index (κ3) is 7.18. The van der Waals surface area contributed by atoms with Crippen molar-refractivity contribution in [1.29, 1.82) is 0 Å². The maximum absolute atomic E-state index is 12.3. The number of aryl methyl sites for hydroxylation is 2. The van der Waals surface area contributed by atoms with Crippen molar-refractivity contribution in [2.45, 2.75) is 13.8 Å². The zero-order valence-corrected chi connectivity index (χ0v) is 19.3. The van der Waals surface area contributed by atoms with Crippen molar-refractivity contribution in [3.05, 3.63) is 88.4 Å². The smallest absolute Gasteiger partial charge is 0.329 e. The van der Waals surface area contributed by atoms with E-state index in [-0.39, 0.29) is 12.5 Å². The van der Waals surface area contributed by atoms with E-state index in [0.717, 1.165) is 11.1 Å². The fourth-order valence-electron chi connectivity index (χ4n) is 2.90. The van der Waals surface area contributed by atoms with Gasteiger partial charge in [0.1, 0.15) is 5.75 Å². The average Bonchev–Trinajstić information content (AvgIpc) is 2.80. The van der Waals surface area contributed by atoms with Gasteiger partial charge < -0.3 is 15.4 Å². The van der Waals surface area contributed by atoms with Gasteiger partial charge in [-0.25, -0.2) is 5.43 Å². The second-order valence-corrected chi connectivity index (χ2v) is 7.79. The number of para-hydroxylation sites is 1. The number of rotatable bonds is 7. The van der Waals surface area contributed by atoms with Crippen LogP contribution >= 0.6 is 11.6 Å². The minimum absolute atomic E-state index is 0.248. The van der Waals surface area contributed by atoms with Gasteiger partial charge in [0.05, 0.1) is 6.21 Å². The van der Waals surface area contributed by atoms with Gasteiger partial charge in [-0.3, -0.25) is 14.4 Å². The van der Waals surface area contributed by atoms with Crippen LogP contribution in [0, 0.1) is 13.8 Å². The van der Waals surface area contributed by atoms with Gasteiger partial charge >= 0.3 is 11.8 Å². The maximum Gasteiger partial charge on any atom is 0.329 e. The third-order valence-electron chi connectivity index (χ3n) is 4.60. The van der Waals surface area contributed by atoms with Crippen LogP contribution in [0.5, 0.6) is 5.75 Å². The van der Waals surface area contributed by atoms with Crippen LogP contribution in [0.4, 0.5) is 11.4 Å². The van der Waals surface area contributed by atoms with E-state index in [1.54, 1.807) is 60.7 Å². The van der Waals surface area contributed by atoms with Crippen molar-refractivity contribution in [3.8, 4) is 5.75 Å². The normalized spacial score (nSPS) is 10.6. The number of nitrogens with one attached hydrogen (secondary N) is 3. The molecule has 0 saturated heterocycles. The molecule has 0 aliphatic carbocycles. The van der Waals surface area contributed by atoms with Gasteiger partial charge in [0.15, 0.2) is 6.61 Å². The Hall–Kier alpha value is -4.17. The van der Waals surface area contributed by atoms with E-state index in [4.69, 9.17) is 16.3 Å². The summed E-state index contributed by atoms with van der Waals surface area (Å²) < 4.78 is 5.61. The van der Waals surface area contributed by atoms with Crippen LogP contribution in [-0.4, -0.2) is 30.5 Å². The van der Waals surface area contributed by atoms with Gasteiger partial charge in [-0.2, -0.15) is 5.10 Å². The van der Waals surface area contributed by atoms with Gasteiger partial charge in [-0.15, -0.1) is 0 Å². The van der Waals surface area contributed by atoms with E-state index in [9.17, 15) is 14.4 Å². The molecule has 0 atom stereocenters. The first kappa shape index (κ1) is 24.5. The molecule has 34 heavy (non-hydrogen) atoms. The lowest BCUT2D eigenvalue weighted by Crippen LogP contribution is -2.32. The first-order valence-corrected chi connectivity index (χ1v) is 10.7. The molecule has 3 N–H and O–H groups in total. The highest BCUT2D eigenvalue weighted by Crippen LogP contribution is 2.20. The Balaban J connectivity index is 1.55. The van der Waals surface area contributed by atoms with Gasteiger partial charge in [0, 0.05) is 22.0 Å². The molecular formula is C25H23ClN4O4. The largest absolute Gasteiger partial charge is 0.483 e. The molecule has 3 amide bonds. The summed E-state index contributed by atoms with van der Waals surface area (Å²) in [6, 6.07) is 19.1. The molecule has 174 valence electrons. The first-order chi connectivity index (χ1) is 16.3. The van der Waals surface area contributed by atoms with E-state index in [0.29, 0.717) is 27.7 Å². The summed E-state index contributed by atoms with van der Waals surface area (Å²) in [6.07, 6.45) is 1.33. The maximum atomic E-state index is 12.3. The Morgan fingerprint density at radius 1 is 0.941 bits per heavy atom. The molecule has 0 aromatic heterocycles. The molecule has 0 heterocycles. The minimum Gasteiger partial charge on any atom is -0.483 e. The number of hydrogen-bond acceptors (Lipinski definition) is 5. The van der Waals surface area contributed by atoms with E-state index >= 15 is 0 Å². The van der Waals surface area contributed by atoms with Crippen molar-refractivity contribution < 1.29 is 19.1 Å². The zero-order chi connectivity index (χ0) is 24.5. The molecular weight excluding hydrogens is 456 g/mol. The van der Waals surface area contributed by atoms with Gasteiger partial charge in [-0.05, 0) is 61.4 Å². The highest BCUT2D eigenvalue weighted by molar-refractivity contribution is 6.39. The Bertz CT molecular complexity index is 1240. The van der Waals surface area contributed by atoms with E-state index in [1.807, 2.05) is 19.9 Å². The zero-order valence-electron chi connectivity index (χ0n) is 18.6. The molecule has 9 heteroatoms. The Kier molecular flexibility index (Phi) is 8.37. The van der Waals surface area contributed by atoms with Crippen molar-refractivity contribution in [3.63, 3.8) is 0 Å². The van der Waals surface area contributed by atoms with Gasteiger partial charge in [0.25, 0.3) is 5.91 Å². The lowest BCUT2D eigenvalue weighted by Gasteiger charge is -2.11. The quantitative estimate of drug-likeness (QED) is 0.270. The van der Waals surface area contributed by atoms with Crippen LogP contribution in [0.3, 0.4) is 0 Å². The third-order valence-corrected chi connectivity index (χ3v) is 4.84. The van der Waals surface area contributed by atoms with Crippen molar-refractivity contribution in [2.24, 2.45) is 5.10 Å². The molecule has 0 fully saturated rings. The van der Waals surface area contributed by atoms with Crippen LogP contribution in [-0.2, 0) is 14.4 Å². The Morgan fingerprint density at radius 2 is 1.74 bits per heavy atom. The van der Waals surface area contributed by atoms with E-state index in [1.165, 1.54) is 6.21 Å². The molecule has 0 bridgehead atoms. The van der Waals surface area contributed by atoms with Crippen LogP contribution in [0.15, 0.2) is 71.8 Å². The van der Waals surface area contributed by atoms with Crippen molar-refractivity contribution in [2.75, 3.05) is 17.2 Å². The number of nitrogens with zero attached hydrogens (tertiary/aromatic N) is 1. The van der Waals surface area contributed by atoms with Crippen molar-refractivity contribution in [1.82, 2.24) is 5.43 Å². The second-order valence-electron chi connectivity index (χ2n) is 7.36. The molecule has 0 spiro atoms. The molecule has 3 aromatic carbocycles. The predicted octanol–water partition coefficient (Wildman–Crippen LogP) is 4.06. The minimum atomic E-state index is -0.924. The standard InChI is InChI=1S/C25H23ClN4O4/c1-16-6-5-8-20(12-16)28-24(32)25(33)30-27-14-18-7-3-4-9-22(18)34-15-23(31)29-21-13-19(26)11-10-17(21)2/h3-14H,15H2,1-2H3,(H,28,32)(H,29,31)(H,30,33)/b27-14-. The van der Waals surface area contributed by atoms with E-state index < -0.39 is 11.8 Å². The van der Waals surface area contributed by atoms with Crippen LogP contribution in [0.25, 0.3) is 0 Å². The summed E-state index contributed by atoms with van der Waals surface area (Å²) in [4.78, 5) is 36.3. The molecule has 3 rings (SSSR count). The van der Waals surface area contributed by atoms with Gasteiger partial charge in [-0.1, -0.05) is 41.9 Å².